The highest BCUT2D eigenvalue weighted by atomic mass is 32.2. The van der Waals surface area contributed by atoms with Gasteiger partial charge in [0.05, 0.1) is 29.7 Å². The molecule has 11 heteroatoms. The number of carbonyl (C=O) groups excluding carboxylic acids is 1. The number of aryl methyl sites for hydroxylation is 1. The zero-order valence-corrected chi connectivity index (χ0v) is 18.8. The van der Waals surface area contributed by atoms with Gasteiger partial charge in [-0.1, -0.05) is 6.07 Å². The predicted molar refractivity (Wildman–Crippen MR) is 123 cm³/mol. The molecule has 0 aliphatic carbocycles. The zero-order valence-electron chi connectivity index (χ0n) is 18.0. The molecular formula is C22H21N3O7S. The van der Waals surface area contributed by atoms with Crippen LogP contribution in [0, 0.1) is 17.0 Å². The van der Waals surface area contributed by atoms with Crippen molar-refractivity contribution in [2.75, 3.05) is 24.3 Å². The highest BCUT2D eigenvalue weighted by Crippen LogP contribution is 2.31. The minimum absolute atomic E-state index is 0.0451. The van der Waals surface area contributed by atoms with Crippen molar-refractivity contribution in [2.45, 2.75) is 11.8 Å². The maximum atomic E-state index is 12.8. The molecule has 0 aliphatic rings. The van der Waals surface area contributed by atoms with E-state index < -0.39 is 20.9 Å². The SMILES string of the molecule is COc1ccc(OC)c(NS(=O)(=O)c2ccc(NC(=O)c3ccc(C)c([N+](=O)[O-])c3)cc2)c1. The third kappa shape index (κ3) is 5.39. The van der Waals surface area contributed by atoms with Crippen LogP contribution in [0.15, 0.2) is 65.6 Å². The van der Waals surface area contributed by atoms with E-state index in [1.165, 1.54) is 62.8 Å². The molecule has 0 bridgehead atoms. The Morgan fingerprint density at radius 1 is 0.970 bits per heavy atom. The van der Waals surface area contributed by atoms with E-state index in [1.807, 2.05) is 0 Å². The Balaban J connectivity index is 1.78. The number of nitrogens with zero attached hydrogens (tertiary/aromatic N) is 1. The van der Waals surface area contributed by atoms with Crippen molar-refractivity contribution in [1.82, 2.24) is 0 Å². The van der Waals surface area contributed by atoms with E-state index in [2.05, 4.69) is 10.0 Å². The molecule has 0 saturated carbocycles. The van der Waals surface area contributed by atoms with Crippen LogP contribution in [0.2, 0.25) is 0 Å². The summed E-state index contributed by atoms with van der Waals surface area (Å²) in [5, 5.41) is 13.7. The molecule has 3 rings (SSSR count). The first-order valence-electron chi connectivity index (χ1n) is 9.56. The summed E-state index contributed by atoms with van der Waals surface area (Å²) in [5.74, 6) is 0.200. The van der Waals surface area contributed by atoms with Gasteiger partial charge < -0.3 is 14.8 Å². The van der Waals surface area contributed by atoms with Gasteiger partial charge in [-0.05, 0) is 49.4 Å². The summed E-state index contributed by atoms with van der Waals surface area (Å²) in [7, 11) is -1.08. The van der Waals surface area contributed by atoms with E-state index in [4.69, 9.17) is 9.47 Å². The van der Waals surface area contributed by atoms with Crippen molar-refractivity contribution < 1.29 is 27.6 Å². The number of rotatable bonds is 8. The fraction of sp³-hybridized carbons (Fsp3) is 0.136. The lowest BCUT2D eigenvalue weighted by Gasteiger charge is -2.13. The van der Waals surface area contributed by atoms with Gasteiger partial charge in [-0.3, -0.25) is 19.6 Å². The second-order valence-electron chi connectivity index (χ2n) is 6.91. The molecular weight excluding hydrogens is 450 g/mol. The molecule has 3 aromatic carbocycles. The third-order valence-corrected chi connectivity index (χ3v) is 6.12. The van der Waals surface area contributed by atoms with Crippen molar-refractivity contribution in [3.05, 3.63) is 81.9 Å². The molecule has 172 valence electrons. The normalized spacial score (nSPS) is 10.9. The predicted octanol–water partition coefficient (Wildman–Crippen LogP) is 3.97. The van der Waals surface area contributed by atoms with Crippen LogP contribution < -0.4 is 19.5 Å². The molecule has 0 aliphatic heterocycles. The average molecular weight is 471 g/mol. The highest BCUT2D eigenvalue weighted by molar-refractivity contribution is 7.92. The van der Waals surface area contributed by atoms with E-state index in [-0.39, 0.29) is 21.8 Å². The molecule has 2 N–H and O–H groups in total. The first-order chi connectivity index (χ1) is 15.6. The Bertz CT molecular complexity index is 1310. The number of hydrogen-bond acceptors (Lipinski definition) is 7. The number of anilines is 2. The highest BCUT2D eigenvalue weighted by Gasteiger charge is 2.18. The van der Waals surface area contributed by atoms with E-state index >= 15 is 0 Å². The van der Waals surface area contributed by atoms with E-state index in [0.29, 0.717) is 22.7 Å². The monoisotopic (exact) mass is 471 g/mol. The van der Waals surface area contributed by atoms with Crippen LogP contribution >= 0.6 is 0 Å². The van der Waals surface area contributed by atoms with Crippen molar-refractivity contribution in [3.63, 3.8) is 0 Å². The van der Waals surface area contributed by atoms with Crippen LogP contribution in [0.25, 0.3) is 0 Å². The lowest BCUT2D eigenvalue weighted by atomic mass is 10.1. The number of methoxy groups -OCH3 is 2. The van der Waals surface area contributed by atoms with Gasteiger partial charge in [0.1, 0.15) is 11.5 Å². The van der Waals surface area contributed by atoms with Gasteiger partial charge in [0.15, 0.2) is 0 Å². The summed E-state index contributed by atoms with van der Waals surface area (Å²) in [5.41, 5.74) is 0.904. The Labute approximate surface area is 190 Å². The molecule has 3 aromatic rings. The summed E-state index contributed by atoms with van der Waals surface area (Å²) < 4.78 is 38.4. The van der Waals surface area contributed by atoms with Crippen LogP contribution in [0.5, 0.6) is 11.5 Å². The molecule has 0 unspecified atom stereocenters. The maximum Gasteiger partial charge on any atom is 0.273 e. The van der Waals surface area contributed by atoms with Crippen molar-refractivity contribution >= 4 is 33.0 Å². The minimum Gasteiger partial charge on any atom is -0.497 e. The molecule has 0 atom stereocenters. The lowest BCUT2D eigenvalue weighted by molar-refractivity contribution is -0.385. The van der Waals surface area contributed by atoms with Crippen LogP contribution in [-0.2, 0) is 10.0 Å². The van der Waals surface area contributed by atoms with Crippen LogP contribution in [-0.4, -0.2) is 33.5 Å². The Morgan fingerprint density at radius 2 is 1.67 bits per heavy atom. The van der Waals surface area contributed by atoms with Gasteiger partial charge in [-0.25, -0.2) is 8.42 Å². The second-order valence-corrected chi connectivity index (χ2v) is 8.59. The van der Waals surface area contributed by atoms with Gasteiger partial charge in [0, 0.05) is 28.9 Å². The first-order valence-corrected chi connectivity index (χ1v) is 11.0. The summed E-state index contributed by atoms with van der Waals surface area (Å²) in [6.45, 7) is 1.58. The molecule has 0 spiro atoms. The van der Waals surface area contributed by atoms with Gasteiger partial charge >= 0.3 is 0 Å². The molecule has 0 fully saturated rings. The minimum atomic E-state index is -3.96. The summed E-state index contributed by atoms with van der Waals surface area (Å²) >= 11 is 0. The molecule has 0 aromatic heterocycles. The van der Waals surface area contributed by atoms with Crippen LogP contribution in [0.1, 0.15) is 15.9 Å². The molecule has 0 radical (unpaired) electrons. The van der Waals surface area contributed by atoms with E-state index in [9.17, 15) is 23.3 Å². The van der Waals surface area contributed by atoms with Gasteiger partial charge in [-0.15, -0.1) is 0 Å². The number of ether oxygens (including phenoxy) is 2. The first kappa shape index (κ1) is 23.5. The molecule has 33 heavy (non-hydrogen) atoms. The van der Waals surface area contributed by atoms with Crippen molar-refractivity contribution in [3.8, 4) is 11.5 Å². The smallest absolute Gasteiger partial charge is 0.273 e. The molecule has 1 amide bonds. The Hall–Kier alpha value is -4.12. The lowest BCUT2D eigenvalue weighted by Crippen LogP contribution is -2.15. The van der Waals surface area contributed by atoms with Crippen LogP contribution in [0.3, 0.4) is 0 Å². The molecule has 10 nitrogen and oxygen atoms in total. The number of amides is 1. The largest absolute Gasteiger partial charge is 0.497 e. The van der Waals surface area contributed by atoms with Crippen molar-refractivity contribution in [2.24, 2.45) is 0 Å². The fourth-order valence-electron chi connectivity index (χ4n) is 2.97. The molecule has 0 saturated heterocycles. The van der Waals surface area contributed by atoms with Crippen LogP contribution in [0.4, 0.5) is 17.1 Å². The maximum absolute atomic E-state index is 12.8. The number of nitro benzene ring substituents is 1. The van der Waals surface area contributed by atoms with Crippen molar-refractivity contribution in [1.29, 1.82) is 0 Å². The van der Waals surface area contributed by atoms with Gasteiger partial charge in [-0.2, -0.15) is 0 Å². The summed E-state index contributed by atoms with van der Waals surface area (Å²) in [4.78, 5) is 22.9. The number of carbonyl (C=O) groups is 1. The Kier molecular flexibility index (Phi) is 6.83. The number of nitro groups is 1. The van der Waals surface area contributed by atoms with E-state index in [0.717, 1.165) is 0 Å². The fourth-order valence-corrected chi connectivity index (χ4v) is 4.03. The third-order valence-electron chi connectivity index (χ3n) is 4.74. The van der Waals surface area contributed by atoms with E-state index in [1.54, 1.807) is 19.1 Å². The Morgan fingerprint density at radius 3 is 2.27 bits per heavy atom. The number of benzene rings is 3. The second kappa shape index (κ2) is 9.57. The zero-order chi connectivity index (χ0) is 24.2. The topological polar surface area (TPSA) is 137 Å². The van der Waals surface area contributed by atoms with Gasteiger partial charge in [0.2, 0.25) is 0 Å². The molecule has 0 heterocycles. The quantitative estimate of drug-likeness (QED) is 0.374. The number of sulfonamides is 1. The summed E-state index contributed by atoms with van der Waals surface area (Å²) in [6, 6.07) is 14.3. The average Bonchev–Trinajstić information content (AvgIpc) is 2.79. The standard InChI is InChI=1S/C22H21N3O7S/c1-14-4-5-15(12-20(14)25(27)28)22(26)23-16-6-9-18(10-7-16)33(29,30)24-19-13-17(31-2)8-11-21(19)32-3/h4-13,24H,1-3H3,(H,23,26). The number of hydrogen-bond donors (Lipinski definition) is 2. The van der Waals surface area contributed by atoms with Gasteiger partial charge in [0.25, 0.3) is 21.6 Å². The summed E-state index contributed by atoms with van der Waals surface area (Å²) in [6.07, 6.45) is 0. The number of nitrogens with one attached hydrogen (secondary N) is 2.